The zero-order chi connectivity index (χ0) is 11.1. The molecule has 4 nitrogen and oxygen atoms in total. The fraction of sp³-hybridized carbons (Fsp3) is 0.818. The third-order valence-electron chi connectivity index (χ3n) is 2.88. The van der Waals surface area contributed by atoms with Crippen LogP contribution in [0.15, 0.2) is 6.20 Å². The first-order valence-corrected chi connectivity index (χ1v) is 5.62. The lowest BCUT2D eigenvalue weighted by atomic mass is 10.1. The van der Waals surface area contributed by atoms with E-state index in [-0.39, 0.29) is 5.54 Å². The van der Waals surface area contributed by atoms with Gasteiger partial charge < -0.3 is 5.32 Å². The van der Waals surface area contributed by atoms with Gasteiger partial charge in [0.05, 0.1) is 17.4 Å². The van der Waals surface area contributed by atoms with Gasteiger partial charge in [-0.1, -0.05) is 12.1 Å². The van der Waals surface area contributed by atoms with Gasteiger partial charge in [-0.2, -0.15) is 0 Å². The van der Waals surface area contributed by atoms with Crippen molar-refractivity contribution in [1.82, 2.24) is 20.3 Å². The molecule has 2 rings (SSSR count). The van der Waals surface area contributed by atoms with Crippen molar-refractivity contribution in [1.29, 1.82) is 0 Å². The van der Waals surface area contributed by atoms with Crippen LogP contribution in [0.2, 0.25) is 0 Å². The lowest BCUT2D eigenvalue weighted by Crippen LogP contribution is -2.22. The molecule has 0 aromatic carbocycles. The van der Waals surface area contributed by atoms with Crippen molar-refractivity contribution in [3.05, 3.63) is 11.9 Å². The number of hydrogen-bond donors (Lipinski definition) is 1. The molecule has 2 unspecified atom stereocenters. The second-order valence-corrected chi connectivity index (χ2v) is 5.53. The topological polar surface area (TPSA) is 42.7 Å². The molecule has 1 aliphatic rings. The normalized spacial score (nSPS) is 25.6. The van der Waals surface area contributed by atoms with Crippen LogP contribution in [0.4, 0.5) is 0 Å². The van der Waals surface area contributed by atoms with E-state index in [1.165, 1.54) is 6.42 Å². The summed E-state index contributed by atoms with van der Waals surface area (Å²) >= 11 is 0. The molecule has 1 saturated carbocycles. The number of hydrogen-bond acceptors (Lipinski definition) is 3. The third kappa shape index (κ3) is 2.56. The monoisotopic (exact) mass is 208 g/mol. The number of nitrogens with zero attached hydrogens (tertiary/aromatic N) is 3. The zero-order valence-corrected chi connectivity index (χ0v) is 9.99. The van der Waals surface area contributed by atoms with Gasteiger partial charge >= 0.3 is 0 Å². The average Bonchev–Trinajstić information content (AvgIpc) is 2.66. The standard InChI is InChI=1S/C11H20N4/c1-8-5-10(8)12-6-9-7-15(14-13-9)11(2,3)4/h7-8,10,12H,5-6H2,1-4H3. The largest absolute Gasteiger partial charge is 0.308 e. The molecule has 0 aliphatic heterocycles. The minimum Gasteiger partial charge on any atom is -0.308 e. The summed E-state index contributed by atoms with van der Waals surface area (Å²) < 4.78 is 1.92. The maximum atomic E-state index is 4.16. The van der Waals surface area contributed by atoms with Crippen molar-refractivity contribution in [2.45, 2.75) is 52.2 Å². The molecule has 0 spiro atoms. The van der Waals surface area contributed by atoms with Gasteiger partial charge in [-0.3, -0.25) is 0 Å². The molecular formula is C11H20N4. The predicted molar refractivity (Wildman–Crippen MR) is 59.4 cm³/mol. The lowest BCUT2D eigenvalue weighted by Gasteiger charge is -2.17. The van der Waals surface area contributed by atoms with Gasteiger partial charge in [0, 0.05) is 12.6 Å². The van der Waals surface area contributed by atoms with Crippen LogP contribution in [0.1, 0.15) is 39.8 Å². The van der Waals surface area contributed by atoms with Crippen molar-refractivity contribution in [3.8, 4) is 0 Å². The highest BCUT2D eigenvalue weighted by Crippen LogP contribution is 2.29. The number of rotatable bonds is 3. The number of nitrogens with one attached hydrogen (secondary N) is 1. The van der Waals surface area contributed by atoms with E-state index in [0.29, 0.717) is 6.04 Å². The summed E-state index contributed by atoms with van der Waals surface area (Å²) in [4.78, 5) is 0. The summed E-state index contributed by atoms with van der Waals surface area (Å²) in [6, 6.07) is 0.699. The summed E-state index contributed by atoms with van der Waals surface area (Å²) in [5, 5.41) is 11.8. The Labute approximate surface area is 91.1 Å². The summed E-state index contributed by atoms with van der Waals surface area (Å²) in [6.07, 6.45) is 3.33. The van der Waals surface area contributed by atoms with Crippen molar-refractivity contribution in [3.63, 3.8) is 0 Å². The molecule has 15 heavy (non-hydrogen) atoms. The first-order valence-electron chi connectivity index (χ1n) is 5.62. The summed E-state index contributed by atoms with van der Waals surface area (Å²) in [5.74, 6) is 0.836. The van der Waals surface area contributed by atoms with Crippen molar-refractivity contribution < 1.29 is 0 Å². The summed E-state index contributed by atoms with van der Waals surface area (Å²) in [7, 11) is 0. The fourth-order valence-electron chi connectivity index (χ4n) is 1.55. The highest BCUT2D eigenvalue weighted by molar-refractivity contribution is 4.97. The first-order chi connectivity index (χ1) is 6.97. The quantitative estimate of drug-likeness (QED) is 0.819. The minimum atomic E-state index is 0.0259. The Kier molecular flexibility index (Phi) is 2.54. The van der Waals surface area contributed by atoms with Gasteiger partial charge in [0.15, 0.2) is 0 Å². The average molecular weight is 208 g/mol. The van der Waals surface area contributed by atoms with E-state index in [2.05, 4.69) is 43.3 Å². The van der Waals surface area contributed by atoms with Gasteiger partial charge in [0.1, 0.15) is 0 Å². The molecule has 0 amide bonds. The van der Waals surface area contributed by atoms with Crippen molar-refractivity contribution in [2.24, 2.45) is 5.92 Å². The van der Waals surface area contributed by atoms with Gasteiger partial charge in [0.25, 0.3) is 0 Å². The van der Waals surface area contributed by atoms with Gasteiger partial charge in [-0.15, -0.1) is 5.10 Å². The highest BCUT2D eigenvalue weighted by atomic mass is 15.4. The van der Waals surface area contributed by atoms with E-state index in [0.717, 1.165) is 18.2 Å². The van der Waals surface area contributed by atoms with E-state index >= 15 is 0 Å². The Morgan fingerprint density at radius 2 is 2.20 bits per heavy atom. The van der Waals surface area contributed by atoms with E-state index in [9.17, 15) is 0 Å². The molecule has 84 valence electrons. The highest BCUT2D eigenvalue weighted by Gasteiger charge is 2.31. The summed E-state index contributed by atoms with van der Waals surface area (Å²) in [5.41, 5.74) is 1.06. The number of aromatic nitrogens is 3. The molecular weight excluding hydrogens is 188 g/mol. The van der Waals surface area contributed by atoms with Gasteiger partial charge in [0.2, 0.25) is 0 Å². The van der Waals surface area contributed by atoms with Crippen molar-refractivity contribution >= 4 is 0 Å². The SMILES string of the molecule is CC1CC1NCc1cn(C(C)(C)C)nn1. The first kappa shape index (κ1) is 10.6. The Balaban J connectivity index is 1.90. The predicted octanol–water partition coefficient (Wildman–Crippen LogP) is 1.53. The molecule has 0 saturated heterocycles. The second kappa shape index (κ2) is 3.59. The van der Waals surface area contributed by atoms with E-state index in [1.54, 1.807) is 0 Å². The van der Waals surface area contributed by atoms with Crippen LogP contribution in [-0.4, -0.2) is 21.0 Å². The Bertz CT molecular complexity index is 337. The lowest BCUT2D eigenvalue weighted by molar-refractivity contribution is 0.347. The van der Waals surface area contributed by atoms with Gasteiger partial charge in [-0.05, 0) is 33.1 Å². The Morgan fingerprint density at radius 3 is 2.67 bits per heavy atom. The maximum Gasteiger partial charge on any atom is 0.0965 e. The summed E-state index contributed by atoms with van der Waals surface area (Å²) in [6.45, 7) is 9.49. The van der Waals surface area contributed by atoms with Crippen LogP contribution >= 0.6 is 0 Å². The van der Waals surface area contributed by atoms with E-state index in [1.807, 2.05) is 10.9 Å². The van der Waals surface area contributed by atoms with Crippen molar-refractivity contribution in [2.75, 3.05) is 0 Å². The molecule has 1 N–H and O–H groups in total. The molecule has 4 heteroatoms. The van der Waals surface area contributed by atoms with Crippen LogP contribution in [0.5, 0.6) is 0 Å². The molecule has 2 atom stereocenters. The van der Waals surface area contributed by atoms with E-state index < -0.39 is 0 Å². The van der Waals surface area contributed by atoms with Crippen LogP contribution in [0.25, 0.3) is 0 Å². The molecule has 1 aromatic rings. The van der Waals surface area contributed by atoms with Crippen LogP contribution in [-0.2, 0) is 12.1 Å². The van der Waals surface area contributed by atoms with Crippen LogP contribution in [0, 0.1) is 5.92 Å². The van der Waals surface area contributed by atoms with Crippen LogP contribution < -0.4 is 5.32 Å². The Hall–Kier alpha value is -0.900. The zero-order valence-electron chi connectivity index (χ0n) is 9.99. The third-order valence-corrected chi connectivity index (χ3v) is 2.88. The second-order valence-electron chi connectivity index (χ2n) is 5.53. The fourth-order valence-corrected chi connectivity index (χ4v) is 1.55. The Morgan fingerprint density at radius 1 is 1.53 bits per heavy atom. The van der Waals surface area contributed by atoms with E-state index in [4.69, 9.17) is 0 Å². The molecule has 0 bridgehead atoms. The molecule has 1 fully saturated rings. The van der Waals surface area contributed by atoms with Crippen LogP contribution in [0.3, 0.4) is 0 Å². The molecule has 0 radical (unpaired) electrons. The molecule has 1 aromatic heterocycles. The minimum absolute atomic E-state index is 0.0259. The maximum absolute atomic E-state index is 4.16. The smallest absolute Gasteiger partial charge is 0.0965 e. The molecule has 1 aliphatic carbocycles. The van der Waals surface area contributed by atoms with Gasteiger partial charge in [-0.25, -0.2) is 4.68 Å². The molecule has 1 heterocycles.